The van der Waals surface area contributed by atoms with Crippen LogP contribution in [0.4, 0.5) is 0 Å². The van der Waals surface area contributed by atoms with Gasteiger partial charge >= 0.3 is 0 Å². The van der Waals surface area contributed by atoms with Gasteiger partial charge in [-0.15, -0.1) is 11.3 Å². The molecule has 1 heterocycles. The Morgan fingerprint density at radius 1 is 1.17 bits per heavy atom. The van der Waals surface area contributed by atoms with E-state index >= 15 is 0 Å². The zero-order valence-corrected chi connectivity index (χ0v) is 11.3. The Balaban J connectivity index is 2.27. The Kier molecular flexibility index (Phi) is 4.73. The van der Waals surface area contributed by atoms with Gasteiger partial charge in [0.05, 0.1) is 6.10 Å². The van der Waals surface area contributed by atoms with Gasteiger partial charge in [-0.25, -0.2) is 0 Å². The fraction of sp³-hybridized carbons (Fsp3) is 0.250. The Hall–Kier alpha value is -1.38. The molecule has 2 heteroatoms. The van der Waals surface area contributed by atoms with Gasteiger partial charge in [0.15, 0.2) is 0 Å². The van der Waals surface area contributed by atoms with Crippen molar-refractivity contribution in [1.82, 2.24) is 0 Å². The predicted octanol–water partition coefficient (Wildman–Crippen LogP) is 4.53. The van der Waals surface area contributed by atoms with E-state index in [0.29, 0.717) is 0 Å². The van der Waals surface area contributed by atoms with Crippen LogP contribution in [0.25, 0.3) is 0 Å². The Bertz CT molecular complexity index is 473. The Labute approximate surface area is 112 Å². The summed E-state index contributed by atoms with van der Waals surface area (Å²) in [7, 11) is 0. The molecule has 0 aliphatic carbocycles. The minimum Gasteiger partial charge on any atom is -0.387 e. The van der Waals surface area contributed by atoms with Crippen molar-refractivity contribution >= 4 is 11.3 Å². The van der Waals surface area contributed by atoms with E-state index in [1.54, 1.807) is 11.3 Å². The van der Waals surface area contributed by atoms with Crippen molar-refractivity contribution in [2.24, 2.45) is 0 Å². The van der Waals surface area contributed by atoms with Crippen LogP contribution < -0.4 is 0 Å². The maximum atomic E-state index is 10.5. The number of rotatable bonds is 5. The topological polar surface area (TPSA) is 20.2 Å². The van der Waals surface area contributed by atoms with Gasteiger partial charge in [-0.1, -0.05) is 55.5 Å². The first-order valence-corrected chi connectivity index (χ1v) is 7.14. The molecule has 94 valence electrons. The van der Waals surface area contributed by atoms with Crippen molar-refractivity contribution in [1.29, 1.82) is 0 Å². The van der Waals surface area contributed by atoms with Crippen LogP contribution in [0.5, 0.6) is 0 Å². The highest BCUT2D eigenvalue weighted by atomic mass is 32.1. The number of allylic oxidation sites excluding steroid dienone is 1. The van der Waals surface area contributed by atoms with Gasteiger partial charge in [0.2, 0.25) is 0 Å². The summed E-state index contributed by atoms with van der Waals surface area (Å²) >= 11 is 1.69. The molecule has 1 aromatic heterocycles. The molecule has 0 saturated heterocycles. The summed E-state index contributed by atoms with van der Waals surface area (Å²) in [4.78, 5) is 1.20. The zero-order valence-electron chi connectivity index (χ0n) is 10.5. The predicted molar refractivity (Wildman–Crippen MR) is 77.9 cm³/mol. The lowest BCUT2D eigenvalue weighted by Gasteiger charge is -2.19. The first-order chi connectivity index (χ1) is 8.83. The second-order valence-corrected chi connectivity index (χ2v) is 5.21. The number of benzene rings is 1. The third-order valence-electron chi connectivity index (χ3n) is 2.93. The number of hydrogen-bond acceptors (Lipinski definition) is 2. The van der Waals surface area contributed by atoms with E-state index in [0.717, 1.165) is 12.0 Å². The highest BCUT2D eigenvalue weighted by molar-refractivity contribution is 7.10. The van der Waals surface area contributed by atoms with Crippen LogP contribution in [0.1, 0.15) is 35.8 Å². The van der Waals surface area contributed by atoms with E-state index in [1.807, 2.05) is 36.4 Å². The van der Waals surface area contributed by atoms with E-state index in [2.05, 4.69) is 30.5 Å². The maximum absolute atomic E-state index is 10.5. The minimum absolute atomic E-state index is 0.0485. The lowest BCUT2D eigenvalue weighted by atomic mass is 9.93. The summed E-state index contributed by atoms with van der Waals surface area (Å²) < 4.78 is 0. The Morgan fingerprint density at radius 3 is 2.56 bits per heavy atom. The van der Waals surface area contributed by atoms with Crippen LogP contribution >= 0.6 is 11.3 Å². The molecule has 2 rings (SSSR count). The van der Waals surface area contributed by atoms with Gasteiger partial charge in [-0.2, -0.15) is 0 Å². The normalized spacial score (nSPS) is 14.8. The molecular weight excluding hydrogens is 240 g/mol. The molecule has 0 aliphatic heterocycles. The largest absolute Gasteiger partial charge is 0.387 e. The molecule has 2 atom stereocenters. The zero-order chi connectivity index (χ0) is 12.8. The molecule has 1 aromatic carbocycles. The highest BCUT2D eigenvalue weighted by Crippen LogP contribution is 2.34. The van der Waals surface area contributed by atoms with Crippen molar-refractivity contribution in [2.75, 3.05) is 0 Å². The molecule has 1 nitrogen and oxygen atoms in total. The molecule has 1 N–H and O–H groups in total. The van der Waals surface area contributed by atoms with Gasteiger partial charge < -0.3 is 5.11 Å². The molecular formula is C16H18OS. The standard InChI is InChI=1S/C16H18OS/c1-2-3-10-14(15-11-7-12-18-15)16(17)13-8-5-4-6-9-13/h3-12,14,16-17H,2H2,1H3/b10-3+. The molecule has 0 saturated carbocycles. The van der Waals surface area contributed by atoms with E-state index in [1.165, 1.54) is 4.88 Å². The third kappa shape index (κ3) is 3.09. The van der Waals surface area contributed by atoms with Crippen molar-refractivity contribution < 1.29 is 5.11 Å². The average molecular weight is 258 g/mol. The fourth-order valence-corrected chi connectivity index (χ4v) is 2.81. The number of aliphatic hydroxyl groups excluding tert-OH is 1. The molecule has 0 bridgehead atoms. The summed E-state index contributed by atoms with van der Waals surface area (Å²) in [5, 5.41) is 12.6. The molecule has 0 amide bonds. The maximum Gasteiger partial charge on any atom is 0.0901 e. The molecule has 0 spiro atoms. The van der Waals surface area contributed by atoms with Crippen LogP contribution in [0.2, 0.25) is 0 Å². The van der Waals surface area contributed by atoms with Crippen molar-refractivity contribution in [3.8, 4) is 0 Å². The van der Waals surface area contributed by atoms with Crippen LogP contribution in [0.3, 0.4) is 0 Å². The lowest BCUT2D eigenvalue weighted by molar-refractivity contribution is 0.163. The third-order valence-corrected chi connectivity index (χ3v) is 3.91. The van der Waals surface area contributed by atoms with Crippen LogP contribution in [0.15, 0.2) is 60.0 Å². The first-order valence-electron chi connectivity index (χ1n) is 6.26. The van der Waals surface area contributed by atoms with Gasteiger partial charge in [-0.3, -0.25) is 0 Å². The average Bonchev–Trinajstić information content (AvgIpc) is 2.94. The molecule has 0 aliphatic rings. The lowest BCUT2D eigenvalue weighted by Crippen LogP contribution is -2.07. The monoisotopic (exact) mass is 258 g/mol. The molecule has 0 radical (unpaired) electrons. The van der Waals surface area contributed by atoms with Gasteiger partial charge in [0.1, 0.15) is 0 Å². The summed E-state index contributed by atoms with van der Waals surface area (Å²) in [6, 6.07) is 14.0. The van der Waals surface area contributed by atoms with Gasteiger partial charge in [-0.05, 0) is 23.4 Å². The molecule has 2 unspecified atom stereocenters. The van der Waals surface area contributed by atoms with E-state index in [9.17, 15) is 5.11 Å². The summed E-state index contributed by atoms with van der Waals surface area (Å²) in [5.74, 6) is 0.0485. The molecule has 18 heavy (non-hydrogen) atoms. The molecule has 2 aromatic rings. The van der Waals surface area contributed by atoms with Gasteiger partial charge in [0.25, 0.3) is 0 Å². The quantitative estimate of drug-likeness (QED) is 0.781. The van der Waals surface area contributed by atoms with Crippen LogP contribution in [0, 0.1) is 0 Å². The van der Waals surface area contributed by atoms with E-state index in [-0.39, 0.29) is 5.92 Å². The fourth-order valence-electron chi connectivity index (χ4n) is 1.98. The van der Waals surface area contributed by atoms with Crippen molar-refractivity contribution in [3.63, 3.8) is 0 Å². The summed E-state index contributed by atoms with van der Waals surface area (Å²) in [6.45, 7) is 2.11. The van der Waals surface area contributed by atoms with Crippen LogP contribution in [-0.2, 0) is 0 Å². The van der Waals surface area contributed by atoms with Crippen LogP contribution in [-0.4, -0.2) is 5.11 Å². The highest BCUT2D eigenvalue weighted by Gasteiger charge is 2.20. The Morgan fingerprint density at radius 2 is 1.94 bits per heavy atom. The van der Waals surface area contributed by atoms with E-state index in [4.69, 9.17) is 0 Å². The second-order valence-electron chi connectivity index (χ2n) is 4.23. The van der Waals surface area contributed by atoms with Gasteiger partial charge in [0, 0.05) is 10.8 Å². The molecule has 0 fully saturated rings. The number of aliphatic hydroxyl groups is 1. The number of thiophene rings is 1. The first kappa shape index (κ1) is 13.1. The van der Waals surface area contributed by atoms with Crippen molar-refractivity contribution in [3.05, 3.63) is 70.4 Å². The summed E-state index contributed by atoms with van der Waals surface area (Å²) in [6.07, 6.45) is 4.75. The second kappa shape index (κ2) is 6.53. The van der Waals surface area contributed by atoms with Crippen molar-refractivity contribution in [2.45, 2.75) is 25.4 Å². The SMILES string of the molecule is CC/C=C/C(c1cccs1)C(O)c1ccccc1. The smallest absolute Gasteiger partial charge is 0.0901 e. The number of hydrogen-bond donors (Lipinski definition) is 1. The minimum atomic E-state index is -0.479. The summed E-state index contributed by atoms with van der Waals surface area (Å²) in [5.41, 5.74) is 0.969. The van der Waals surface area contributed by atoms with E-state index < -0.39 is 6.10 Å².